The van der Waals surface area contributed by atoms with E-state index in [2.05, 4.69) is 20.0 Å². The van der Waals surface area contributed by atoms with Crippen LogP contribution in [-0.2, 0) is 20.5 Å². The minimum absolute atomic E-state index is 0.0569. The van der Waals surface area contributed by atoms with E-state index in [4.69, 9.17) is 16.7 Å². The van der Waals surface area contributed by atoms with Gasteiger partial charge in [0.05, 0.1) is 23.3 Å². The van der Waals surface area contributed by atoms with Crippen LogP contribution in [0.25, 0.3) is 0 Å². The number of hydrogen-bond donors (Lipinski definition) is 2. The maximum Gasteiger partial charge on any atom is 0.338 e. The standard InChI is InChI=1S/C14H12ClNO2S.C12H19N3O4S/c1-18-14(17)11-7-12(15)16-13(8-11)19-9-10-5-3-2-4-6-10;1-5-8(2)13-10-6-9(12(16)17)7-11(14-10)20(18,19)15(3)4/h2-8H,9H2,1H3;6-8H,5H2,1-4H3,(H,13,14)(H,16,17)/t;8-/m.0/s1. The summed E-state index contributed by atoms with van der Waals surface area (Å²) in [7, 11) is 0.296. The normalized spacial score (nSPS) is 11.8. The molecule has 2 N–H and O–H groups in total. The number of carbonyl (C=O) groups excluding carboxylic acids is 1. The lowest BCUT2D eigenvalue weighted by Crippen LogP contribution is -2.24. The van der Waals surface area contributed by atoms with Crippen LogP contribution in [0.2, 0.25) is 5.15 Å². The number of carboxylic acid groups (broad SMARTS) is 1. The molecule has 0 saturated heterocycles. The minimum Gasteiger partial charge on any atom is -0.478 e. The summed E-state index contributed by atoms with van der Waals surface area (Å²) in [5.74, 6) is -0.602. The Balaban J connectivity index is 0.000000274. The summed E-state index contributed by atoms with van der Waals surface area (Å²) in [4.78, 5) is 30.7. The first-order chi connectivity index (χ1) is 18.4. The third-order valence-electron chi connectivity index (χ3n) is 5.22. The lowest BCUT2D eigenvalue weighted by Gasteiger charge is -2.15. The fraction of sp³-hybridized carbons (Fsp3) is 0.308. The van der Waals surface area contributed by atoms with Gasteiger partial charge in [0.25, 0.3) is 10.0 Å². The van der Waals surface area contributed by atoms with Crippen molar-refractivity contribution in [1.82, 2.24) is 14.3 Å². The molecule has 1 atom stereocenters. The van der Waals surface area contributed by atoms with Gasteiger partial charge in [0.15, 0.2) is 5.03 Å². The van der Waals surface area contributed by atoms with Gasteiger partial charge in [-0.2, -0.15) is 0 Å². The second-order valence-electron chi connectivity index (χ2n) is 8.41. The van der Waals surface area contributed by atoms with E-state index in [0.29, 0.717) is 15.7 Å². The predicted molar refractivity (Wildman–Crippen MR) is 152 cm³/mol. The number of aromatic carboxylic acids is 1. The number of sulfonamides is 1. The number of benzene rings is 1. The van der Waals surface area contributed by atoms with Crippen LogP contribution >= 0.6 is 23.4 Å². The van der Waals surface area contributed by atoms with Crippen LogP contribution in [0.1, 0.15) is 46.5 Å². The molecule has 2 aromatic heterocycles. The summed E-state index contributed by atoms with van der Waals surface area (Å²) in [5.41, 5.74) is 1.48. The van der Waals surface area contributed by atoms with Crippen molar-refractivity contribution < 1.29 is 27.9 Å². The molecule has 2 heterocycles. The number of carboxylic acids is 1. The van der Waals surface area contributed by atoms with E-state index in [-0.39, 0.29) is 22.4 Å². The number of aromatic nitrogens is 2. The van der Waals surface area contributed by atoms with Gasteiger partial charge in [-0.15, -0.1) is 11.8 Å². The van der Waals surface area contributed by atoms with Gasteiger partial charge in [-0.1, -0.05) is 48.9 Å². The Labute approximate surface area is 237 Å². The predicted octanol–water partition coefficient (Wildman–Crippen LogP) is 5.05. The average molecular weight is 595 g/mol. The van der Waals surface area contributed by atoms with Crippen LogP contribution in [0, 0.1) is 0 Å². The van der Waals surface area contributed by atoms with Gasteiger partial charge in [-0.3, -0.25) is 0 Å². The van der Waals surface area contributed by atoms with E-state index < -0.39 is 22.0 Å². The fourth-order valence-corrected chi connectivity index (χ4v) is 4.89. The van der Waals surface area contributed by atoms with Gasteiger partial charge in [0.1, 0.15) is 11.0 Å². The number of thioether (sulfide) groups is 1. The molecule has 10 nitrogen and oxygen atoms in total. The zero-order valence-corrected chi connectivity index (χ0v) is 24.6. The molecule has 3 rings (SSSR count). The van der Waals surface area contributed by atoms with E-state index in [9.17, 15) is 18.0 Å². The lowest BCUT2D eigenvalue weighted by molar-refractivity contribution is 0.0599. The van der Waals surface area contributed by atoms with Crippen LogP contribution in [0.5, 0.6) is 0 Å². The highest BCUT2D eigenvalue weighted by molar-refractivity contribution is 7.98. The first kappa shape index (κ1) is 32.0. The van der Waals surface area contributed by atoms with E-state index in [1.807, 2.05) is 44.2 Å². The van der Waals surface area contributed by atoms with Gasteiger partial charge >= 0.3 is 11.9 Å². The summed E-state index contributed by atoms with van der Waals surface area (Å²) in [6.45, 7) is 3.85. The largest absolute Gasteiger partial charge is 0.478 e. The van der Waals surface area contributed by atoms with E-state index in [0.717, 1.165) is 22.5 Å². The van der Waals surface area contributed by atoms with Crippen molar-refractivity contribution in [3.05, 3.63) is 76.4 Å². The zero-order valence-electron chi connectivity index (χ0n) is 22.2. The summed E-state index contributed by atoms with van der Waals surface area (Å²) in [5, 5.41) is 12.8. The first-order valence-corrected chi connectivity index (χ1v) is 14.5. The molecule has 0 fully saturated rings. The zero-order chi connectivity index (χ0) is 29.2. The van der Waals surface area contributed by atoms with Gasteiger partial charge in [-0.05, 0) is 43.2 Å². The molecule has 0 bridgehead atoms. The van der Waals surface area contributed by atoms with Crippen LogP contribution in [0.3, 0.4) is 0 Å². The molecule has 3 aromatic rings. The number of rotatable bonds is 10. The lowest BCUT2D eigenvalue weighted by atomic mass is 10.2. The van der Waals surface area contributed by atoms with Crippen LogP contribution < -0.4 is 5.32 Å². The molecule has 0 radical (unpaired) electrons. The molecule has 39 heavy (non-hydrogen) atoms. The maximum atomic E-state index is 12.1. The Morgan fingerprint density at radius 2 is 1.77 bits per heavy atom. The highest BCUT2D eigenvalue weighted by Crippen LogP contribution is 2.24. The number of halogens is 1. The molecule has 0 unspecified atom stereocenters. The van der Waals surface area contributed by atoms with Crippen molar-refractivity contribution in [1.29, 1.82) is 0 Å². The van der Waals surface area contributed by atoms with Crippen molar-refractivity contribution in [2.24, 2.45) is 0 Å². The number of anilines is 1. The van der Waals surface area contributed by atoms with Crippen LogP contribution in [-0.4, -0.2) is 67.0 Å². The topological polar surface area (TPSA) is 139 Å². The molecule has 0 aliphatic rings. The van der Waals surface area contributed by atoms with Crippen molar-refractivity contribution in [2.45, 2.75) is 42.1 Å². The molecule has 13 heteroatoms. The summed E-state index contributed by atoms with van der Waals surface area (Å²) in [6.07, 6.45) is 0.800. The highest BCUT2D eigenvalue weighted by Gasteiger charge is 2.22. The van der Waals surface area contributed by atoms with Gasteiger partial charge in [0.2, 0.25) is 0 Å². The van der Waals surface area contributed by atoms with Gasteiger partial charge in [0, 0.05) is 25.9 Å². The smallest absolute Gasteiger partial charge is 0.338 e. The van der Waals surface area contributed by atoms with Crippen LogP contribution in [0.15, 0.2) is 64.6 Å². The number of pyridine rings is 2. The quantitative estimate of drug-likeness (QED) is 0.186. The number of nitrogens with one attached hydrogen (secondary N) is 1. The second-order valence-corrected chi connectivity index (χ2v) is 11.9. The fourth-order valence-electron chi connectivity index (χ4n) is 2.89. The Morgan fingerprint density at radius 1 is 1.10 bits per heavy atom. The summed E-state index contributed by atoms with van der Waals surface area (Å²) in [6, 6.07) is 15.6. The maximum absolute atomic E-state index is 12.1. The number of ether oxygens (including phenoxy) is 1. The molecule has 210 valence electrons. The number of methoxy groups -OCH3 is 1. The molecule has 0 aliphatic heterocycles. The molecule has 1 aromatic carbocycles. The number of hydrogen-bond acceptors (Lipinski definition) is 9. The van der Waals surface area contributed by atoms with Crippen molar-refractivity contribution in [3.8, 4) is 0 Å². The average Bonchev–Trinajstić information content (AvgIpc) is 2.91. The monoisotopic (exact) mass is 594 g/mol. The second kappa shape index (κ2) is 14.8. The molecule has 0 aliphatic carbocycles. The highest BCUT2D eigenvalue weighted by atomic mass is 35.5. The summed E-state index contributed by atoms with van der Waals surface area (Å²) >= 11 is 7.43. The van der Waals surface area contributed by atoms with Crippen LogP contribution in [0.4, 0.5) is 5.82 Å². The van der Waals surface area contributed by atoms with Crippen molar-refractivity contribution in [2.75, 3.05) is 26.5 Å². The Bertz CT molecular complexity index is 1390. The SMILES string of the molecule is CC[C@H](C)Nc1cc(C(=O)O)cc(S(=O)(=O)N(C)C)n1.COC(=O)c1cc(Cl)nc(SCc2ccccc2)c1. The number of esters is 1. The molecular formula is C26H31ClN4O6S2. The first-order valence-electron chi connectivity index (χ1n) is 11.7. The summed E-state index contributed by atoms with van der Waals surface area (Å²) < 4.78 is 29.8. The van der Waals surface area contributed by atoms with E-state index in [1.54, 1.807) is 6.07 Å². The van der Waals surface area contributed by atoms with E-state index in [1.165, 1.54) is 50.7 Å². The third-order valence-corrected chi connectivity index (χ3v) is 8.10. The molecular weight excluding hydrogens is 564 g/mol. The Hall–Kier alpha value is -3.19. The Morgan fingerprint density at radius 3 is 2.33 bits per heavy atom. The number of nitrogens with zero attached hydrogens (tertiary/aromatic N) is 3. The third kappa shape index (κ3) is 9.81. The Kier molecular flexibility index (Phi) is 12.2. The number of carbonyl (C=O) groups is 2. The molecule has 0 saturated carbocycles. The van der Waals surface area contributed by atoms with Crippen molar-refractivity contribution in [3.63, 3.8) is 0 Å². The minimum atomic E-state index is -3.78. The van der Waals surface area contributed by atoms with Gasteiger partial charge in [-0.25, -0.2) is 32.3 Å². The molecule has 0 spiro atoms. The molecule has 0 amide bonds. The van der Waals surface area contributed by atoms with E-state index >= 15 is 0 Å². The van der Waals surface area contributed by atoms with Crippen molar-refractivity contribution >= 4 is 51.1 Å². The van der Waals surface area contributed by atoms with Gasteiger partial charge < -0.3 is 15.2 Å².